The third-order valence-corrected chi connectivity index (χ3v) is 7.98. The number of carbonyl (C=O) groups is 2. The second-order valence-electron chi connectivity index (χ2n) is 12.8. The molecule has 0 aliphatic carbocycles. The summed E-state index contributed by atoms with van der Waals surface area (Å²) in [5, 5.41) is 19.8. The van der Waals surface area contributed by atoms with Crippen molar-refractivity contribution in [3.8, 4) is 6.07 Å². The molecule has 1 aromatic carbocycles. The van der Waals surface area contributed by atoms with Crippen LogP contribution in [-0.4, -0.2) is 62.8 Å². The minimum atomic E-state index is -0.722. The molecule has 11 nitrogen and oxygen atoms in total. The predicted octanol–water partition coefficient (Wildman–Crippen LogP) is 4.91. The van der Waals surface area contributed by atoms with Crippen LogP contribution in [0.4, 0.5) is 5.95 Å². The Labute approximate surface area is 253 Å². The zero-order valence-corrected chi connectivity index (χ0v) is 26.2. The van der Waals surface area contributed by atoms with Crippen LogP contribution >= 0.6 is 0 Å². The van der Waals surface area contributed by atoms with Gasteiger partial charge in [0.05, 0.1) is 22.8 Å². The molecule has 0 bridgehead atoms. The number of anilines is 1. The summed E-state index contributed by atoms with van der Waals surface area (Å²) in [6, 6.07) is 10.00. The zero-order chi connectivity index (χ0) is 31.4. The van der Waals surface area contributed by atoms with E-state index in [-0.39, 0.29) is 28.6 Å². The number of rotatable bonds is 11. The van der Waals surface area contributed by atoms with Crippen molar-refractivity contribution in [1.82, 2.24) is 24.9 Å². The molecule has 2 N–H and O–H groups in total. The van der Waals surface area contributed by atoms with E-state index in [0.717, 1.165) is 23.0 Å². The maximum atomic E-state index is 13.3. The number of carbonyl (C=O) groups excluding carboxylic acids is 2. The van der Waals surface area contributed by atoms with Crippen LogP contribution in [0.1, 0.15) is 71.0 Å². The average molecular weight is 590 g/mol. The summed E-state index contributed by atoms with van der Waals surface area (Å²) in [5.74, 6) is -0.169. The van der Waals surface area contributed by atoms with Gasteiger partial charge in [0.15, 0.2) is 0 Å². The second-order valence-corrected chi connectivity index (χ2v) is 12.8. The minimum Gasteiger partial charge on any atom is -0.372 e. The molecule has 0 unspecified atom stereocenters. The quantitative estimate of drug-likeness (QED) is 0.238. The van der Waals surface area contributed by atoms with Crippen LogP contribution in [0.3, 0.4) is 0 Å². The number of nitrogens with one attached hydrogen (secondary N) is 2. The summed E-state index contributed by atoms with van der Waals surface area (Å²) in [6.45, 7) is 17.0. The third kappa shape index (κ3) is 7.89. The van der Waals surface area contributed by atoms with Crippen molar-refractivity contribution in [3.05, 3.63) is 53.4 Å². The summed E-state index contributed by atoms with van der Waals surface area (Å²) < 4.78 is 12.7. The number of nitrogens with zero attached hydrogens (tertiary/aromatic N) is 5. The number of benzene rings is 1. The molecule has 3 heterocycles. The minimum absolute atomic E-state index is 0.0779. The van der Waals surface area contributed by atoms with Crippen LogP contribution in [0.25, 0.3) is 11.0 Å². The van der Waals surface area contributed by atoms with Crippen molar-refractivity contribution in [2.75, 3.05) is 25.0 Å². The summed E-state index contributed by atoms with van der Waals surface area (Å²) in [6.07, 6.45) is 3.77. The van der Waals surface area contributed by atoms with Gasteiger partial charge in [-0.2, -0.15) is 5.26 Å². The summed E-state index contributed by atoms with van der Waals surface area (Å²) in [7, 11) is 0. The molecule has 2 amide bonds. The van der Waals surface area contributed by atoms with E-state index >= 15 is 0 Å². The number of hydrogen-bond acceptors (Lipinski definition) is 8. The van der Waals surface area contributed by atoms with Gasteiger partial charge in [-0.05, 0) is 69.2 Å². The predicted molar refractivity (Wildman–Crippen MR) is 164 cm³/mol. The molecule has 2 atom stereocenters. The van der Waals surface area contributed by atoms with Crippen LogP contribution in [0.2, 0.25) is 0 Å². The van der Waals surface area contributed by atoms with Crippen molar-refractivity contribution >= 4 is 28.8 Å². The lowest BCUT2D eigenvalue weighted by atomic mass is 9.88. The number of aromatic nitrogens is 3. The zero-order valence-electron chi connectivity index (χ0n) is 26.2. The van der Waals surface area contributed by atoms with E-state index in [1.54, 1.807) is 11.0 Å². The summed E-state index contributed by atoms with van der Waals surface area (Å²) >= 11 is 0. The maximum Gasteiger partial charge on any atom is 0.296 e. The lowest BCUT2D eigenvalue weighted by Crippen LogP contribution is -2.37. The van der Waals surface area contributed by atoms with Gasteiger partial charge in [0.1, 0.15) is 11.6 Å². The highest BCUT2D eigenvalue weighted by molar-refractivity contribution is 6.02. The molecule has 1 fully saturated rings. The van der Waals surface area contributed by atoms with Gasteiger partial charge in [-0.15, -0.1) is 0 Å². The molecule has 43 heavy (non-hydrogen) atoms. The Morgan fingerprint density at radius 2 is 2.02 bits per heavy atom. The Balaban J connectivity index is 1.56. The van der Waals surface area contributed by atoms with E-state index in [0.29, 0.717) is 44.8 Å². The number of ether oxygens (including phenoxy) is 1. The van der Waals surface area contributed by atoms with Crippen LogP contribution in [0.15, 0.2) is 46.6 Å². The molecular weight excluding hydrogens is 546 g/mol. The Morgan fingerprint density at radius 1 is 1.26 bits per heavy atom. The average Bonchev–Trinajstić information content (AvgIpc) is 3.71. The third-order valence-electron chi connectivity index (χ3n) is 7.98. The largest absolute Gasteiger partial charge is 0.372 e. The highest BCUT2D eigenvalue weighted by Crippen LogP contribution is 2.28. The number of likely N-dealkylation sites (tertiary alicyclic amines) is 1. The van der Waals surface area contributed by atoms with E-state index in [1.165, 1.54) is 12.3 Å². The fourth-order valence-corrected chi connectivity index (χ4v) is 5.14. The molecule has 0 spiro atoms. The molecule has 1 saturated heterocycles. The fourth-order valence-electron chi connectivity index (χ4n) is 5.14. The lowest BCUT2D eigenvalue weighted by Gasteiger charge is -2.28. The Bertz CT molecular complexity index is 1510. The Kier molecular flexibility index (Phi) is 9.72. The van der Waals surface area contributed by atoms with E-state index in [2.05, 4.69) is 55.6 Å². The Hall–Kier alpha value is -4.01. The molecule has 4 rings (SSSR count). The van der Waals surface area contributed by atoms with E-state index in [4.69, 9.17) is 14.2 Å². The number of imidazole rings is 1. The van der Waals surface area contributed by atoms with Crippen molar-refractivity contribution < 1.29 is 18.8 Å². The Morgan fingerprint density at radius 3 is 2.67 bits per heavy atom. The molecule has 2 aromatic heterocycles. The van der Waals surface area contributed by atoms with Crippen LogP contribution in [0.5, 0.6) is 0 Å². The monoisotopic (exact) mass is 589 g/mol. The number of amides is 2. The van der Waals surface area contributed by atoms with Gasteiger partial charge in [-0.3, -0.25) is 14.9 Å². The first-order chi connectivity index (χ1) is 20.3. The SMILES string of the molecule is CCOC(C)(C)/C=C(\C#N)C(=O)N1CC[C@@H](Cn2c(NC(=O)c3ccno3)nc3cc(CN[C@@H](C)C(C)(C)C)ccc32)C1. The van der Waals surface area contributed by atoms with Gasteiger partial charge in [0, 0.05) is 44.9 Å². The first kappa shape index (κ1) is 31.9. The normalized spacial score (nSPS) is 16.8. The van der Waals surface area contributed by atoms with E-state index in [1.807, 2.05) is 37.5 Å². The first-order valence-corrected chi connectivity index (χ1v) is 14.8. The second kappa shape index (κ2) is 13.1. The van der Waals surface area contributed by atoms with Gasteiger partial charge in [0.25, 0.3) is 11.8 Å². The number of hydrogen-bond donors (Lipinski definition) is 2. The first-order valence-electron chi connectivity index (χ1n) is 14.8. The number of fused-ring (bicyclic) bond motifs is 1. The highest BCUT2D eigenvalue weighted by atomic mass is 16.5. The van der Waals surface area contributed by atoms with Gasteiger partial charge in [0.2, 0.25) is 11.7 Å². The fraction of sp³-hybridized carbons (Fsp3) is 0.531. The topological polar surface area (TPSA) is 138 Å². The molecule has 0 radical (unpaired) electrons. The van der Waals surface area contributed by atoms with E-state index in [9.17, 15) is 14.9 Å². The van der Waals surface area contributed by atoms with Crippen molar-refractivity contribution in [3.63, 3.8) is 0 Å². The number of nitriles is 1. The summed E-state index contributed by atoms with van der Waals surface area (Å²) in [4.78, 5) is 32.6. The van der Waals surface area contributed by atoms with Crippen LogP contribution in [-0.2, 0) is 22.6 Å². The van der Waals surface area contributed by atoms with Gasteiger partial charge in [-0.1, -0.05) is 32.0 Å². The molecule has 230 valence electrons. The van der Waals surface area contributed by atoms with Gasteiger partial charge >= 0.3 is 0 Å². The molecular formula is C32H43N7O4. The highest BCUT2D eigenvalue weighted by Gasteiger charge is 2.31. The van der Waals surface area contributed by atoms with Gasteiger partial charge < -0.3 is 24.0 Å². The van der Waals surface area contributed by atoms with Crippen molar-refractivity contribution in [2.45, 2.75) is 79.6 Å². The molecule has 11 heteroatoms. The molecule has 1 aliphatic heterocycles. The molecule has 3 aromatic rings. The molecule has 0 saturated carbocycles. The van der Waals surface area contributed by atoms with Crippen molar-refractivity contribution in [2.24, 2.45) is 11.3 Å². The lowest BCUT2D eigenvalue weighted by molar-refractivity contribution is -0.126. The molecule has 1 aliphatic rings. The van der Waals surface area contributed by atoms with Gasteiger partial charge in [-0.25, -0.2) is 4.98 Å². The van der Waals surface area contributed by atoms with Crippen LogP contribution in [0, 0.1) is 22.7 Å². The standard InChI is InChI=1S/C32H43N7O4/c1-8-42-32(6,7)16-24(17-33)29(41)38-14-12-23(19-38)20-39-26-10-9-22(18-34-21(2)31(3,4)5)15-25(26)36-30(39)37-28(40)27-11-13-35-43-27/h9-11,13,15-16,21,23,34H,8,12,14,18-20H2,1-7H3,(H,36,37,40)/b24-16+/t21-,23+/m0/s1. The van der Waals surface area contributed by atoms with Crippen LogP contribution < -0.4 is 10.6 Å². The smallest absolute Gasteiger partial charge is 0.296 e. The summed E-state index contributed by atoms with van der Waals surface area (Å²) in [5.41, 5.74) is 2.21. The van der Waals surface area contributed by atoms with E-state index < -0.39 is 11.5 Å². The van der Waals surface area contributed by atoms with Crippen molar-refractivity contribution in [1.29, 1.82) is 5.26 Å². The maximum absolute atomic E-state index is 13.3.